The second-order valence-electron chi connectivity index (χ2n) is 10.3. The van der Waals surface area contributed by atoms with E-state index in [4.69, 9.17) is 26.1 Å². The molecule has 1 fully saturated rings. The quantitative estimate of drug-likeness (QED) is 0.173. The number of hydrogen-bond acceptors (Lipinski definition) is 8. The summed E-state index contributed by atoms with van der Waals surface area (Å²) in [4.78, 5) is 13.6. The minimum atomic E-state index is -1.97. The first-order valence-corrected chi connectivity index (χ1v) is 13.7. The summed E-state index contributed by atoms with van der Waals surface area (Å²) in [6, 6.07) is 27.4. The van der Waals surface area contributed by atoms with Crippen molar-refractivity contribution in [3.63, 3.8) is 0 Å². The van der Waals surface area contributed by atoms with E-state index >= 15 is 0 Å². The Hall–Kier alpha value is -4.09. The number of hydrogen-bond donors (Lipinski definition) is 3. The Balaban J connectivity index is 1.54. The van der Waals surface area contributed by atoms with Crippen molar-refractivity contribution in [3.05, 3.63) is 113 Å². The maximum atomic E-state index is 15.0. The van der Waals surface area contributed by atoms with Crippen LogP contribution in [0.1, 0.15) is 29.8 Å². The number of aromatic nitrogens is 4. The van der Waals surface area contributed by atoms with Gasteiger partial charge < -0.3 is 25.0 Å². The molecule has 0 amide bonds. The number of benzene rings is 3. The van der Waals surface area contributed by atoms with E-state index in [-0.39, 0.29) is 22.3 Å². The van der Waals surface area contributed by atoms with Gasteiger partial charge in [0.05, 0.1) is 20.0 Å². The lowest BCUT2D eigenvalue weighted by Crippen LogP contribution is -2.41. The predicted molar refractivity (Wildman–Crippen MR) is 156 cm³/mol. The van der Waals surface area contributed by atoms with Crippen LogP contribution in [0.4, 0.5) is 10.3 Å². The zero-order chi connectivity index (χ0) is 29.5. The highest BCUT2D eigenvalue weighted by Gasteiger charge is 2.54. The van der Waals surface area contributed by atoms with Crippen molar-refractivity contribution in [2.45, 2.75) is 36.6 Å². The van der Waals surface area contributed by atoms with Crippen LogP contribution in [0.25, 0.3) is 11.2 Å². The number of fused-ring (bicyclic) bond motifs is 1. The Morgan fingerprint density at radius 2 is 1.60 bits per heavy atom. The summed E-state index contributed by atoms with van der Waals surface area (Å²) in [7, 11) is 1.61. The van der Waals surface area contributed by atoms with Crippen molar-refractivity contribution in [2.24, 2.45) is 0 Å². The first-order chi connectivity index (χ1) is 20.3. The number of aliphatic hydroxyl groups is 2. The number of rotatable bonds is 8. The zero-order valence-electron chi connectivity index (χ0n) is 22.9. The van der Waals surface area contributed by atoms with Gasteiger partial charge in [0.2, 0.25) is 5.95 Å². The van der Waals surface area contributed by atoms with Crippen LogP contribution in [0, 0.1) is 0 Å². The molecule has 9 nitrogen and oxygen atoms in total. The fourth-order valence-corrected chi connectivity index (χ4v) is 5.79. The molecular weight excluding hydrogens is 561 g/mol. The standard InChI is InChI=1S/C31H29ClFN5O4/c1-30(40)25(33)23(17-39)42-28(30)38-18-34-24-26(32)35-29(36-27(24)38)37-31(19-9-5-3-6-10-19,20-11-7-4-8-12-20)21-13-15-22(41-2)16-14-21/h3-16,18,23,25,28,39-40H,17H2,1-2H3,(H,35,36,37)/t23-,25-,28-,30-/m1/s1. The molecule has 5 aromatic rings. The molecule has 6 rings (SSSR count). The smallest absolute Gasteiger partial charge is 0.227 e. The van der Waals surface area contributed by atoms with Gasteiger partial charge in [-0.05, 0) is 35.7 Å². The van der Waals surface area contributed by atoms with Crippen molar-refractivity contribution in [2.75, 3.05) is 19.0 Å². The number of nitrogens with one attached hydrogen (secondary N) is 1. The highest BCUT2D eigenvalue weighted by atomic mass is 35.5. The monoisotopic (exact) mass is 589 g/mol. The number of aliphatic hydroxyl groups excluding tert-OH is 1. The van der Waals surface area contributed by atoms with E-state index in [0.29, 0.717) is 5.75 Å². The summed E-state index contributed by atoms with van der Waals surface area (Å²) in [6.07, 6.45) is -2.90. The van der Waals surface area contributed by atoms with Crippen LogP contribution in [-0.4, -0.2) is 61.3 Å². The average Bonchev–Trinajstić information content (AvgIpc) is 3.54. The molecule has 0 spiro atoms. The molecule has 0 aliphatic carbocycles. The highest BCUT2D eigenvalue weighted by Crippen LogP contribution is 2.43. The van der Waals surface area contributed by atoms with E-state index < -0.39 is 36.3 Å². The second kappa shape index (κ2) is 11.0. The predicted octanol–water partition coefficient (Wildman–Crippen LogP) is 4.87. The second-order valence-corrected chi connectivity index (χ2v) is 10.7. The SMILES string of the molecule is COc1ccc(C(Nc2nc(Cl)c3ncn([C@@H]4O[C@H](CO)[C@@H](F)[C@@]4(C)O)c3n2)(c2ccccc2)c2ccccc2)cc1. The molecule has 2 aromatic heterocycles. The topological polar surface area (TPSA) is 115 Å². The van der Waals surface area contributed by atoms with Gasteiger partial charge in [-0.25, -0.2) is 9.37 Å². The molecule has 3 aromatic carbocycles. The number of nitrogens with zero attached hydrogens (tertiary/aromatic N) is 4. The van der Waals surface area contributed by atoms with Gasteiger partial charge in [-0.1, -0.05) is 84.4 Å². The summed E-state index contributed by atoms with van der Waals surface area (Å²) >= 11 is 6.64. The summed E-state index contributed by atoms with van der Waals surface area (Å²) in [6.45, 7) is 0.715. The minimum absolute atomic E-state index is 0.0548. The number of ether oxygens (including phenoxy) is 2. The summed E-state index contributed by atoms with van der Waals surface area (Å²) in [5, 5.41) is 24.2. The average molecular weight is 590 g/mol. The van der Waals surface area contributed by atoms with Gasteiger partial charge in [-0.2, -0.15) is 9.97 Å². The molecule has 11 heteroatoms. The Morgan fingerprint density at radius 1 is 1.00 bits per heavy atom. The van der Waals surface area contributed by atoms with E-state index in [1.165, 1.54) is 17.8 Å². The van der Waals surface area contributed by atoms with Gasteiger partial charge in [0.1, 0.15) is 28.5 Å². The molecule has 0 unspecified atom stereocenters. The molecule has 216 valence electrons. The fraction of sp³-hybridized carbons (Fsp3) is 0.258. The molecule has 4 atom stereocenters. The molecule has 0 bridgehead atoms. The number of anilines is 1. The molecule has 3 heterocycles. The van der Waals surface area contributed by atoms with Crippen LogP contribution in [0.15, 0.2) is 91.3 Å². The van der Waals surface area contributed by atoms with Gasteiger partial charge in [0.25, 0.3) is 0 Å². The normalized spacial score (nSPS) is 22.4. The van der Waals surface area contributed by atoms with Gasteiger partial charge in [-0.15, -0.1) is 0 Å². The third-order valence-electron chi connectivity index (χ3n) is 7.74. The maximum Gasteiger partial charge on any atom is 0.227 e. The van der Waals surface area contributed by atoms with Gasteiger partial charge in [-0.3, -0.25) is 4.57 Å². The van der Waals surface area contributed by atoms with Crippen molar-refractivity contribution in [1.82, 2.24) is 19.5 Å². The molecular formula is C31H29ClFN5O4. The molecule has 1 saturated heterocycles. The molecule has 1 aliphatic rings. The van der Waals surface area contributed by atoms with Crippen LogP contribution >= 0.6 is 11.6 Å². The van der Waals surface area contributed by atoms with Crippen molar-refractivity contribution < 1.29 is 24.1 Å². The molecule has 0 saturated carbocycles. The lowest BCUT2D eigenvalue weighted by molar-refractivity contribution is -0.0892. The van der Waals surface area contributed by atoms with E-state index in [9.17, 15) is 14.6 Å². The van der Waals surface area contributed by atoms with Crippen molar-refractivity contribution >= 4 is 28.7 Å². The van der Waals surface area contributed by atoms with Gasteiger partial charge >= 0.3 is 0 Å². The maximum absolute atomic E-state index is 15.0. The van der Waals surface area contributed by atoms with Crippen LogP contribution in [0.2, 0.25) is 5.15 Å². The largest absolute Gasteiger partial charge is 0.497 e. The Labute approximate surface area is 246 Å². The minimum Gasteiger partial charge on any atom is -0.497 e. The van der Waals surface area contributed by atoms with Crippen molar-refractivity contribution in [3.8, 4) is 5.75 Å². The van der Waals surface area contributed by atoms with Crippen LogP contribution in [-0.2, 0) is 10.3 Å². The van der Waals surface area contributed by atoms with Crippen molar-refractivity contribution in [1.29, 1.82) is 0 Å². The van der Waals surface area contributed by atoms with E-state index in [2.05, 4.69) is 15.3 Å². The number of alkyl halides is 1. The number of methoxy groups -OCH3 is 1. The number of halogens is 2. The lowest BCUT2D eigenvalue weighted by atomic mass is 9.77. The molecule has 42 heavy (non-hydrogen) atoms. The van der Waals surface area contributed by atoms with Crippen LogP contribution < -0.4 is 10.1 Å². The Kier molecular flexibility index (Phi) is 7.32. The molecule has 3 N–H and O–H groups in total. The van der Waals surface area contributed by atoms with E-state index in [1.54, 1.807) is 7.11 Å². The van der Waals surface area contributed by atoms with E-state index in [1.807, 2.05) is 84.9 Å². The first kappa shape index (κ1) is 28.0. The lowest BCUT2D eigenvalue weighted by Gasteiger charge is -2.37. The third kappa shape index (κ3) is 4.57. The fourth-order valence-electron chi connectivity index (χ4n) is 5.58. The van der Waals surface area contributed by atoms with Crippen LogP contribution in [0.5, 0.6) is 5.75 Å². The summed E-state index contributed by atoms with van der Waals surface area (Å²) in [5.41, 5.74) is 0.204. The van der Waals surface area contributed by atoms with E-state index in [0.717, 1.165) is 16.7 Å². The Bertz CT molecular complexity index is 1650. The third-order valence-corrected chi connectivity index (χ3v) is 8.00. The van der Waals surface area contributed by atoms with Gasteiger partial charge in [0, 0.05) is 0 Å². The number of imidazole rings is 1. The van der Waals surface area contributed by atoms with Gasteiger partial charge in [0.15, 0.2) is 23.2 Å². The first-order valence-electron chi connectivity index (χ1n) is 13.4. The molecule has 0 radical (unpaired) electrons. The summed E-state index contributed by atoms with van der Waals surface area (Å²) in [5.74, 6) is 0.861. The Morgan fingerprint density at radius 3 is 2.14 bits per heavy atom. The van der Waals surface area contributed by atoms with Crippen LogP contribution in [0.3, 0.4) is 0 Å². The highest BCUT2D eigenvalue weighted by molar-refractivity contribution is 6.33. The summed E-state index contributed by atoms with van der Waals surface area (Å²) < 4.78 is 27.5. The molecule has 1 aliphatic heterocycles. The zero-order valence-corrected chi connectivity index (χ0v) is 23.6.